The van der Waals surface area contributed by atoms with Gasteiger partial charge in [0, 0.05) is 18.1 Å². The highest BCUT2D eigenvalue weighted by molar-refractivity contribution is 6.05. The summed E-state index contributed by atoms with van der Waals surface area (Å²) in [5.74, 6) is -0.254. The summed E-state index contributed by atoms with van der Waals surface area (Å²) in [5, 5.41) is 16.9. The van der Waals surface area contributed by atoms with Crippen LogP contribution in [0.1, 0.15) is 24.3 Å². The van der Waals surface area contributed by atoms with Gasteiger partial charge in [0.05, 0.1) is 17.7 Å². The third-order valence-corrected chi connectivity index (χ3v) is 3.39. The number of likely N-dealkylation sites (N-methyl/N-ethyl adjacent to an activating group) is 1. The van der Waals surface area contributed by atoms with Crippen molar-refractivity contribution in [3.8, 4) is 0 Å². The average Bonchev–Trinajstić information content (AvgIpc) is 2.79. The Hall–Kier alpha value is -2.08. The van der Waals surface area contributed by atoms with Gasteiger partial charge in [-0.15, -0.1) is 0 Å². The molecule has 2 aromatic rings. The molecule has 2 rings (SSSR count). The van der Waals surface area contributed by atoms with Crippen LogP contribution < -0.4 is 5.73 Å². The summed E-state index contributed by atoms with van der Waals surface area (Å²) in [7, 11) is 1.64. The van der Waals surface area contributed by atoms with Crippen LogP contribution in [0.2, 0.25) is 0 Å². The molecule has 4 N–H and O–H groups in total. The molecule has 0 spiro atoms. The quantitative estimate of drug-likeness (QED) is 0.719. The number of rotatable bonds is 3. The Balaban J connectivity index is 2.45. The Morgan fingerprint density at radius 3 is 2.84 bits per heavy atom. The lowest BCUT2D eigenvalue weighted by Crippen LogP contribution is -2.47. The molecular formula is C13H18N4O2. The first-order valence-electron chi connectivity index (χ1n) is 5.99. The summed E-state index contributed by atoms with van der Waals surface area (Å²) in [5.41, 5.74) is 6.73. The number of nitrogens with one attached hydrogen (secondary N) is 1. The van der Waals surface area contributed by atoms with E-state index in [2.05, 4.69) is 10.2 Å². The lowest BCUT2D eigenvalue weighted by molar-refractivity contribution is 0.0469. The normalized spacial score (nSPS) is 11.8. The van der Waals surface area contributed by atoms with Crippen LogP contribution in [0.3, 0.4) is 0 Å². The number of aromatic amines is 1. The van der Waals surface area contributed by atoms with E-state index in [0.29, 0.717) is 16.8 Å². The number of carbonyl (C=O) groups is 1. The fourth-order valence-corrected chi connectivity index (χ4v) is 1.73. The predicted octanol–water partition coefficient (Wildman–Crippen LogP) is 0.988. The molecule has 1 aromatic carbocycles. The van der Waals surface area contributed by atoms with Crippen molar-refractivity contribution in [2.24, 2.45) is 0 Å². The number of aliphatic hydroxyl groups excluding tert-OH is 1. The maximum atomic E-state index is 12.4. The van der Waals surface area contributed by atoms with Gasteiger partial charge in [-0.1, -0.05) is 0 Å². The lowest BCUT2D eigenvalue weighted by Gasteiger charge is -2.33. The van der Waals surface area contributed by atoms with Crippen LogP contribution >= 0.6 is 0 Å². The molecule has 0 fully saturated rings. The molecule has 6 heteroatoms. The minimum atomic E-state index is -0.650. The molecule has 0 atom stereocenters. The van der Waals surface area contributed by atoms with Gasteiger partial charge in [-0.25, -0.2) is 0 Å². The Morgan fingerprint density at radius 2 is 2.21 bits per heavy atom. The molecule has 19 heavy (non-hydrogen) atoms. The van der Waals surface area contributed by atoms with E-state index in [1.165, 1.54) is 4.90 Å². The average molecular weight is 262 g/mol. The van der Waals surface area contributed by atoms with Crippen LogP contribution in [-0.4, -0.2) is 45.3 Å². The first kappa shape index (κ1) is 13.4. The number of aromatic nitrogens is 2. The zero-order valence-electron chi connectivity index (χ0n) is 11.3. The van der Waals surface area contributed by atoms with Crippen molar-refractivity contribution in [3.05, 3.63) is 23.9 Å². The minimum Gasteiger partial charge on any atom is -0.399 e. The van der Waals surface area contributed by atoms with Gasteiger partial charge in [0.25, 0.3) is 5.91 Å². The van der Waals surface area contributed by atoms with Crippen molar-refractivity contribution in [2.75, 3.05) is 19.4 Å². The smallest absolute Gasteiger partial charge is 0.275 e. The fraction of sp³-hybridized carbons (Fsp3) is 0.385. The molecule has 0 radical (unpaired) electrons. The number of hydrogen-bond donors (Lipinski definition) is 3. The molecule has 102 valence electrons. The number of nitrogens with zero attached hydrogens (tertiary/aromatic N) is 2. The van der Waals surface area contributed by atoms with Crippen LogP contribution in [0.5, 0.6) is 0 Å². The molecule has 0 saturated heterocycles. The molecule has 0 aliphatic heterocycles. The summed E-state index contributed by atoms with van der Waals surface area (Å²) in [4.78, 5) is 13.9. The molecule has 0 aliphatic rings. The third kappa shape index (κ3) is 2.26. The fourth-order valence-electron chi connectivity index (χ4n) is 1.73. The van der Waals surface area contributed by atoms with Crippen molar-refractivity contribution in [2.45, 2.75) is 19.4 Å². The molecule has 0 unspecified atom stereocenters. The van der Waals surface area contributed by atoms with Gasteiger partial charge in [0.15, 0.2) is 5.69 Å². The molecule has 6 nitrogen and oxygen atoms in total. The third-order valence-electron chi connectivity index (χ3n) is 3.39. The van der Waals surface area contributed by atoms with E-state index in [-0.39, 0.29) is 12.5 Å². The summed E-state index contributed by atoms with van der Waals surface area (Å²) in [6, 6.07) is 5.24. The zero-order chi connectivity index (χ0) is 14.2. The van der Waals surface area contributed by atoms with Crippen LogP contribution in [0.25, 0.3) is 10.9 Å². The van der Waals surface area contributed by atoms with Gasteiger partial charge < -0.3 is 15.7 Å². The first-order valence-corrected chi connectivity index (χ1v) is 5.99. The Bertz CT molecular complexity index is 618. The number of hydrogen-bond acceptors (Lipinski definition) is 4. The Kier molecular flexibility index (Phi) is 3.20. The molecule has 0 saturated carbocycles. The van der Waals surface area contributed by atoms with Gasteiger partial charge in [-0.2, -0.15) is 5.10 Å². The SMILES string of the molecule is CN(C(=O)c1n[nH]c2ccc(N)cc12)C(C)(C)CO. The molecule has 0 aliphatic carbocycles. The molecule has 1 aromatic heterocycles. The summed E-state index contributed by atoms with van der Waals surface area (Å²) < 4.78 is 0. The van der Waals surface area contributed by atoms with Gasteiger partial charge in [0.2, 0.25) is 0 Å². The molecule has 1 amide bonds. The van der Waals surface area contributed by atoms with Crippen molar-refractivity contribution < 1.29 is 9.90 Å². The maximum absolute atomic E-state index is 12.4. The van der Waals surface area contributed by atoms with Gasteiger partial charge in [-0.05, 0) is 32.0 Å². The van der Waals surface area contributed by atoms with Gasteiger partial charge in [0.1, 0.15) is 0 Å². The van der Waals surface area contributed by atoms with Crippen LogP contribution in [-0.2, 0) is 0 Å². The van der Waals surface area contributed by atoms with E-state index >= 15 is 0 Å². The maximum Gasteiger partial charge on any atom is 0.275 e. The number of amides is 1. The monoisotopic (exact) mass is 262 g/mol. The van der Waals surface area contributed by atoms with E-state index in [1.54, 1.807) is 39.1 Å². The number of nitrogens with two attached hydrogens (primary N) is 1. The second-order valence-electron chi connectivity index (χ2n) is 5.21. The van der Waals surface area contributed by atoms with Crippen molar-refractivity contribution in [1.82, 2.24) is 15.1 Å². The Morgan fingerprint density at radius 1 is 1.53 bits per heavy atom. The van der Waals surface area contributed by atoms with Crippen LogP contribution in [0.15, 0.2) is 18.2 Å². The van der Waals surface area contributed by atoms with Gasteiger partial charge in [-0.3, -0.25) is 9.89 Å². The summed E-state index contributed by atoms with van der Waals surface area (Å²) in [6.45, 7) is 3.45. The summed E-state index contributed by atoms with van der Waals surface area (Å²) in [6.07, 6.45) is 0. The highest BCUT2D eigenvalue weighted by atomic mass is 16.3. The summed E-state index contributed by atoms with van der Waals surface area (Å²) >= 11 is 0. The molecule has 1 heterocycles. The van der Waals surface area contributed by atoms with E-state index < -0.39 is 5.54 Å². The van der Waals surface area contributed by atoms with Gasteiger partial charge >= 0.3 is 0 Å². The number of nitrogen functional groups attached to an aromatic ring is 1. The lowest BCUT2D eigenvalue weighted by atomic mass is 10.0. The van der Waals surface area contributed by atoms with E-state index in [9.17, 15) is 9.90 Å². The number of benzene rings is 1. The largest absolute Gasteiger partial charge is 0.399 e. The number of anilines is 1. The van der Waals surface area contributed by atoms with E-state index in [1.807, 2.05) is 0 Å². The molecule has 0 bridgehead atoms. The number of aliphatic hydroxyl groups is 1. The van der Waals surface area contributed by atoms with Crippen LogP contribution in [0, 0.1) is 0 Å². The van der Waals surface area contributed by atoms with Crippen molar-refractivity contribution >= 4 is 22.5 Å². The number of fused-ring (bicyclic) bond motifs is 1. The van der Waals surface area contributed by atoms with Crippen molar-refractivity contribution in [1.29, 1.82) is 0 Å². The first-order chi connectivity index (χ1) is 8.86. The Labute approximate surface area is 111 Å². The predicted molar refractivity (Wildman–Crippen MR) is 73.8 cm³/mol. The number of carbonyl (C=O) groups excluding carboxylic acids is 1. The molecular weight excluding hydrogens is 244 g/mol. The second-order valence-corrected chi connectivity index (χ2v) is 5.21. The highest BCUT2D eigenvalue weighted by Gasteiger charge is 2.29. The standard InChI is InChI=1S/C13H18N4O2/c1-13(2,7-18)17(3)12(19)11-9-6-8(14)4-5-10(9)15-16-11/h4-6,18H,7,14H2,1-3H3,(H,15,16). The van der Waals surface area contributed by atoms with Crippen molar-refractivity contribution in [3.63, 3.8) is 0 Å². The van der Waals surface area contributed by atoms with Crippen LogP contribution in [0.4, 0.5) is 5.69 Å². The minimum absolute atomic E-state index is 0.125. The van der Waals surface area contributed by atoms with E-state index in [0.717, 1.165) is 5.52 Å². The highest BCUT2D eigenvalue weighted by Crippen LogP contribution is 2.22. The van der Waals surface area contributed by atoms with E-state index in [4.69, 9.17) is 5.73 Å². The topological polar surface area (TPSA) is 95.2 Å². The number of H-pyrrole nitrogens is 1. The second kappa shape index (κ2) is 4.55. The zero-order valence-corrected chi connectivity index (χ0v) is 11.3.